The highest BCUT2D eigenvalue weighted by Gasteiger charge is 2.69. The van der Waals surface area contributed by atoms with Crippen molar-refractivity contribution in [1.82, 2.24) is 0 Å². The quantitative estimate of drug-likeness (QED) is 0.683. The molecule has 0 amide bonds. The maximum absolute atomic E-state index is 13.1. The molecule has 0 aromatic rings. The number of aliphatic hydroxyl groups excluding tert-OH is 1. The second-order valence-electron chi connectivity index (χ2n) is 9.58. The Bertz CT molecular complexity index is 548. The number of hydrogen-bond acceptors (Lipinski definition) is 2. The van der Waals surface area contributed by atoms with E-state index in [2.05, 4.69) is 27.4 Å². The Kier molecular flexibility index (Phi) is 2.89. The van der Waals surface area contributed by atoms with Crippen molar-refractivity contribution in [3.05, 3.63) is 12.2 Å². The van der Waals surface area contributed by atoms with Crippen molar-refractivity contribution in [2.45, 2.75) is 71.8 Å². The molecule has 6 atom stereocenters. The van der Waals surface area contributed by atoms with Crippen molar-refractivity contribution >= 4 is 5.78 Å². The summed E-state index contributed by atoms with van der Waals surface area (Å²) in [6.45, 7) is 11.3. The van der Waals surface area contributed by atoms with Crippen LogP contribution in [0.4, 0.5) is 0 Å². The van der Waals surface area contributed by atoms with E-state index in [4.69, 9.17) is 0 Å². The number of hydrogen-bond donors (Lipinski definition) is 1. The molecule has 4 aliphatic rings. The fourth-order valence-electron chi connectivity index (χ4n) is 7.35. The molecule has 0 aromatic carbocycles. The third kappa shape index (κ3) is 1.53. The van der Waals surface area contributed by atoms with Crippen LogP contribution < -0.4 is 0 Å². The molecule has 0 aliphatic heterocycles. The lowest BCUT2D eigenvalue weighted by Crippen LogP contribution is -2.63. The molecule has 2 heteroatoms. The number of aliphatic hydroxyl groups is 1. The minimum absolute atomic E-state index is 0.215. The van der Waals surface area contributed by atoms with E-state index >= 15 is 0 Å². The molecule has 0 saturated heterocycles. The molecule has 4 rings (SSSR count). The fraction of sp³-hybridized carbons (Fsp3) is 0.850. The maximum atomic E-state index is 13.1. The Balaban J connectivity index is 1.84. The second kappa shape index (κ2) is 4.26. The lowest BCUT2D eigenvalue weighted by Gasteiger charge is -2.64. The van der Waals surface area contributed by atoms with Gasteiger partial charge in [-0.15, -0.1) is 0 Å². The summed E-state index contributed by atoms with van der Waals surface area (Å²) in [6.07, 6.45) is 7.18. The molecule has 22 heavy (non-hydrogen) atoms. The minimum Gasteiger partial charge on any atom is -0.392 e. The number of allylic oxidation sites excluding steroid dienone is 1. The molecule has 0 unspecified atom stereocenters. The number of Topliss-reactive ketones (excluding diaryl/α,β-unsaturated/α-hetero) is 1. The van der Waals surface area contributed by atoms with Gasteiger partial charge in [0.2, 0.25) is 0 Å². The van der Waals surface area contributed by atoms with Gasteiger partial charge in [0.25, 0.3) is 0 Å². The average Bonchev–Trinajstić information content (AvgIpc) is 2.64. The normalized spacial score (nSPS) is 53.1. The van der Waals surface area contributed by atoms with Gasteiger partial charge in [-0.05, 0) is 72.7 Å². The summed E-state index contributed by atoms with van der Waals surface area (Å²) in [6, 6.07) is 0. The number of carbonyl (C=O) groups excluding carboxylic acids is 1. The van der Waals surface area contributed by atoms with Gasteiger partial charge in [0.1, 0.15) is 0 Å². The van der Waals surface area contributed by atoms with Gasteiger partial charge in [-0.3, -0.25) is 4.79 Å². The molecule has 1 N–H and O–H groups in total. The Hall–Kier alpha value is -0.630. The van der Waals surface area contributed by atoms with E-state index in [1.54, 1.807) is 0 Å². The Morgan fingerprint density at radius 3 is 2.59 bits per heavy atom. The molecule has 2 nitrogen and oxygen atoms in total. The van der Waals surface area contributed by atoms with E-state index < -0.39 is 11.5 Å². The SMILES string of the molecule is C=C1C(=O)[C@]23C[C@H]1CC[C@H]2[C@]1(C)CCCC(C)(C)[C@H]1C[C@H]3O. The van der Waals surface area contributed by atoms with E-state index in [0.29, 0.717) is 17.8 Å². The van der Waals surface area contributed by atoms with Crippen LogP contribution in [0.3, 0.4) is 0 Å². The van der Waals surface area contributed by atoms with Gasteiger partial charge in [0.15, 0.2) is 5.78 Å². The van der Waals surface area contributed by atoms with Crippen LogP contribution >= 0.6 is 0 Å². The van der Waals surface area contributed by atoms with Gasteiger partial charge in [-0.25, -0.2) is 0 Å². The third-order valence-corrected chi connectivity index (χ3v) is 8.34. The van der Waals surface area contributed by atoms with E-state index in [-0.39, 0.29) is 16.6 Å². The zero-order valence-electron chi connectivity index (χ0n) is 14.3. The summed E-state index contributed by atoms with van der Waals surface area (Å²) in [4.78, 5) is 13.1. The first-order valence-corrected chi connectivity index (χ1v) is 9.15. The van der Waals surface area contributed by atoms with Crippen molar-refractivity contribution in [2.75, 3.05) is 0 Å². The zero-order valence-corrected chi connectivity index (χ0v) is 14.3. The van der Waals surface area contributed by atoms with Crippen LogP contribution in [0.25, 0.3) is 0 Å². The van der Waals surface area contributed by atoms with Gasteiger partial charge in [-0.1, -0.05) is 33.8 Å². The van der Waals surface area contributed by atoms with Gasteiger partial charge in [0.05, 0.1) is 11.5 Å². The summed E-state index contributed by atoms with van der Waals surface area (Å²) < 4.78 is 0. The highest BCUT2D eigenvalue weighted by molar-refractivity contribution is 6.03. The summed E-state index contributed by atoms with van der Waals surface area (Å²) in [5, 5.41) is 11.1. The molecule has 0 radical (unpaired) electrons. The van der Waals surface area contributed by atoms with Crippen molar-refractivity contribution in [3.8, 4) is 0 Å². The van der Waals surface area contributed by atoms with Crippen molar-refractivity contribution < 1.29 is 9.90 Å². The first kappa shape index (κ1) is 14.9. The maximum Gasteiger partial charge on any atom is 0.167 e. The molecule has 4 aliphatic carbocycles. The van der Waals surface area contributed by atoms with Crippen molar-refractivity contribution in [1.29, 1.82) is 0 Å². The van der Waals surface area contributed by atoms with Crippen molar-refractivity contribution in [2.24, 2.45) is 34.0 Å². The lowest BCUT2D eigenvalue weighted by atomic mass is 9.40. The monoisotopic (exact) mass is 302 g/mol. The third-order valence-electron chi connectivity index (χ3n) is 8.34. The smallest absolute Gasteiger partial charge is 0.167 e. The second-order valence-corrected chi connectivity index (χ2v) is 9.58. The summed E-state index contributed by atoms with van der Waals surface area (Å²) in [5.41, 5.74) is 0.828. The van der Waals surface area contributed by atoms with Gasteiger partial charge in [0, 0.05) is 0 Å². The van der Waals surface area contributed by atoms with Crippen LogP contribution in [0.5, 0.6) is 0 Å². The van der Waals surface area contributed by atoms with Gasteiger partial charge >= 0.3 is 0 Å². The van der Waals surface area contributed by atoms with Crippen LogP contribution in [0.15, 0.2) is 12.2 Å². The van der Waals surface area contributed by atoms with Crippen LogP contribution in [-0.4, -0.2) is 17.0 Å². The molecule has 0 heterocycles. The number of carbonyl (C=O) groups is 1. The number of ketones is 1. The Labute approximate surface area is 134 Å². The molecule has 4 saturated carbocycles. The largest absolute Gasteiger partial charge is 0.392 e. The van der Waals surface area contributed by atoms with Crippen molar-refractivity contribution in [3.63, 3.8) is 0 Å². The summed E-state index contributed by atoms with van der Waals surface area (Å²) in [5.74, 6) is 1.46. The Morgan fingerprint density at radius 2 is 1.86 bits per heavy atom. The van der Waals surface area contributed by atoms with Crippen LogP contribution in [0.1, 0.15) is 65.7 Å². The van der Waals surface area contributed by atoms with Crippen LogP contribution in [0, 0.1) is 34.0 Å². The Morgan fingerprint density at radius 1 is 1.14 bits per heavy atom. The first-order chi connectivity index (χ1) is 10.2. The highest BCUT2D eigenvalue weighted by atomic mass is 16.3. The van der Waals surface area contributed by atoms with Gasteiger partial charge in [-0.2, -0.15) is 0 Å². The van der Waals surface area contributed by atoms with E-state index in [9.17, 15) is 9.90 Å². The summed E-state index contributed by atoms with van der Waals surface area (Å²) >= 11 is 0. The van der Waals surface area contributed by atoms with E-state index in [1.807, 2.05) is 0 Å². The predicted octanol–water partition coefficient (Wildman–Crippen LogP) is 4.13. The molecule has 0 aromatic heterocycles. The number of rotatable bonds is 0. The molecular formula is C20H30O2. The zero-order chi connectivity index (χ0) is 15.9. The molecule has 4 fully saturated rings. The molecule has 122 valence electrons. The highest BCUT2D eigenvalue weighted by Crippen LogP contribution is 2.70. The van der Waals surface area contributed by atoms with Crippen LogP contribution in [0.2, 0.25) is 0 Å². The minimum atomic E-state index is -0.487. The van der Waals surface area contributed by atoms with Gasteiger partial charge < -0.3 is 5.11 Å². The number of fused-ring (bicyclic) bond motifs is 3. The molecule has 1 spiro atoms. The predicted molar refractivity (Wildman–Crippen MR) is 87.3 cm³/mol. The first-order valence-electron chi connectivity index (χ1n) is 9.15. The standard InChI is InChI=1S/C20H30O2/c1-12-13-6-7-14-19(4)9-5-8-18(2,3)15(19)10-16(21)20(14,11-13)17(12)22/h13-16,21H,1,5-11H2,2-4H3/t13-,14+,15-,16-,19+,20-/m1/s1. The molecule has 2 bridgehead atoms. The topological polar surface area (TPSA) is 37.3 Å². The molecular weight excluding hydrogens is 272 g/mol. The lowest BCUT2D eigenvalue weighted by molar-refractivity contribution is -0.197. The van der Waals surface area contributed by atoms with Crippen LogP contribution in [-0.2, 0) is 4.79 Å². The van der Waals surface area contributed by atoms with E-state index in [0.717, 1.165) is 31.3 Å². The van der Waals surface area contributed by atoms with E-state index in [1.165, 1.54) is 19.3 Å². The summed E-state index contributed by atoms with van der Waals surface area (Å²) in [7, 11) is 0. The average molecular weight is 302 g/mol. The fourth-order valence-corrected chi connectivity index (χ4v) is 7.35.